The Balaban J connectivity index is 1.87. The third-order valence-corrected chi connectivity index (χ3v) is 4.25. The molecule has 8 heteroatoms. The molecule has 0 fully saturated rings. The van der Waals surface area contributed by atoms with Gasteiger partial charge in [0.1, 0.15) is 29.6 Å². The topological polar surface area (TPSA) is 115 Å². The van der Waals surface area contributed by atoms with Crippen molar-refractivity contribution in [2.45, 2.75) is 12.2 Å². The lowest BCUT2D eigenvalue weighted by molar-refractivity contribution is 0.173. The predicted octanol–water partition coefficient (Wildman–Crippen LogP) is 2.05. The molecule has 2 heterocycles. The molecule has 8 nitrogen and oxygen atoms in total. The van der Waals surface area contributed by atoms with E-state index in [1.807, 2.05) is 78.9 Å². The van der Waals surface area contributed by atoms with E-state index >= 15 is 0 Å². The second-order valence-electron chi connectivity index (χ2n) is 5.93. The zero-order valence-corrected chi connectivity index (χ0v) is 14.5. The van der Waals surface area contributed by atoms with Gasteiger partial charge in [0.15, 0.2) is 0 Å². The Morgan fingerprint density at radius 1 is 0.786 bits per heavy atom. The molecule has 0 N–H and O–H groups in total. The Bertz CT molecular complexity index is 1100. The molecule has 0 aliphatic carbocycles. The first-order chi connectivity index (χ1) is 13.8. The predicted molar refractivity (Wildman–Crippen MR) is 101 cm³/mol. The summed E-state index contributed by atoms with van der Waals surface area (Å²) in [5.41, 5.74) is 2.86. The molecule has 132 valence electrons. The fraction of sp³-hybridized carbons (Fsp3) is 0.100. The van der Waals surface area contributed by atoms with Crippen LogP contribution in [-0.4, -0.2) is 39.6 Å². The van der Waals surface area contributed by atoms with Gasteiger partial charge in [-0.15, -0.1) is 5.10 Å². The zero-order chi connectivity index (χ0) is 19.5. The monoisotopic (exact) mass is 364 g/mol. The van der Waals surface area contributed by atoms with Crippen LogP contribution in [0.1, 0.15) is 11.1 Å². The highest BCUT2D eigenvalue weighted by Crippen LogP contribution is 2.25. The summed E-state index contributed by atoms with van der Waals surface area (Å²) in [6, 6.07) is 23.5. The summed E-state index contributed by atoms with van der Waals surface area (Å²) in [7, 11) is 0. The Morgan fingerprint density at radius 2 is 1.36 bits per heavy atom. The molecule has 0 saturated carbocycles. The number of aliphatic imine (C=N–C) groups is 1. The van der Waals surface area contributed by atoms with Gasteiger partial charge in [-0.3, -0.25) is 0 Å². The quantitative estimate of drug-likeness (QED) is 0.826. The minimum atomic E-state index is -1.21. The molecule has 0 bridgehead atoms. The maximum Gasteiger partial charge on any atom is 0.267 e. The van der Waals surface area contributed by atoms with Crippen molar-refractivity contribution in [2.75, 3.05) is 0 Å². The molecule has 2 aliphatic heterocycles. The van der Waals surface area contributed by atoms with Crippen molar-refractivity contribution >= 4 is 17.4 Å². The summed E-state index contributed by atoms with van der Waals surface area (Å²) in [4.78, 5) is 4.62. The minimum absolute atomic E-state index is 0.167. The molecule has 0 spiro atoms. The summed E-state index contributed by atoms with van der Waals surface area (Å²) < 4.78 is 0. The molecule has 0 saturated heterocycles. The molecule has 1 atom stereocenters. The molecule has 2 aliphatic rings. The van der Waals surface area contributed by atoms with Crippen molar-refractivity contribution in [3.8, 4) is 18.2 Å². The van der Waals surface area contributed by atoms with Gasteiger partial charge < -0.3 is 0 Å². The number of rotatable bonds is 3. The number of hydrogen-bond acceptors (Lipinski definition) is 8. The Labute approximate surface area is 161 Å². The summed E-state index contributed by atoms with van der Waals surface area (Å²) in [5.74, 6) is 0.167. The van der Waals surface area contributed by atoms with Crippen LogP contribution in [0.4, 0.5) is 0 Å². The summed E-state index contributed by atoms with van der Waals surface area (Å²) in [6.45, 7) is 0. The third-order valence-electron chi connectivity index (χ3n) is 4.25. The lowest BCUT2D eigenvalue weighted by Gasteiger charge is -2.25. The second kappa shape index (κ2) is 7.03. The van der Waals surface area contributed by atoms with Crippen LogP contribution in [0.2, 0.25) is 0 Å². The van der Waals surface area contributed by atoms with Gasteiger partial charge in [0.05, 0.1) is 0 Å². The van der Waals surface area contributed by atoms with E-state index in [2.05, 4.69) is 15.2 Å². The van der Waals surface area contributed by atoms with Gasteiger partial charge >= 0.3 is 0 Å². The van der Waals surface area contributed by atoms with Crippen LogP contribution in [0.3, 0.4) is 0 Å². The zero-order valence-electron chi connectivity index (χ0n) is 14.5. The molecule has 0 radical (unpaired) electrons. The van der Waals surface area contributed by atoms with E-state index in [4.69, 9.17) is 0 Å². The van der Waals surface area contributed by atoms with Crippen LogP contribution in [0.5, 0.6) is 0 Å². The van der Waals surface area contributed by atoms with E-state index in [0.717, 1.165) is 16.1 Å². The van der Waals surface area contributed by atoms with E-state index in [1.165, 1.54) is 5.01 Å². The first-order valence-corrected chi connectivity index (χ1v) is 8.40. The molecule has 0 aromatic heterocycles. The Hall–Kier alpha value is -4.48. The fourth-order valence-corrected chi connectivity index (χ4v) is 2.95. The number of hydrogen-bond donors (Lipinski definition) is 0. The molecule has 1 unspecified atom stereocenters. The number of nitriles is 3. The van der Waals surface area contributed by atoms with Crippen molar-refractivity contribution in [3.63, 3.8) is 0 Å². The second-order valence-corrected chi connectivity index (χ2v) is 5.93. The van der Waals surface area contributed by atoms with Gasteiger partial charge in [0.2, 0.25) is 12.2 Å². The van der Waals surface area contributed by atoms with E-state index in [9.17, 15) is 15.8 Å². The van der Waals surface area contributed by atoms with Gasteiger partial charge in [-0.1, -0.05) is 60.7 Å². The summed E-state index contributed by atoms with van der Waals surface area (Å²) in [5, 5.41) is 39.4. The average Bonchev–Trinajstić information content (AvgIpc) is 3.12. The van der Waals surface area contributed by atoms with Gasteiger partial charge in [-0.25, -0.2) is 10.0 Å². The standard InChI is InChI=1S/C20H12N8/c21-11-16(12-22)27-17(13-23)28-20(26-27)24-18(14-7-3-1-4-8-14)19(25-28)15-9-5-2-6-10-15/h1-10,16-17H. The van der Waals surface area contributed by atoms with Crippen molar-refractivity contribution in [1.82, 2.24) is 10.0 Å². The SMILES string of the molecule is N#CC(C#N)N1N=C2N=C(c3ccccc3)C(c3ccccc3)=NN2C1C#N. The smallest absolute Gasteiger partial charge is 0.224 e. The third kappa shape index (κ3) is 2.74. The molecule has 2 aromatic rings. The Kier molecular flexibility index (Phi) is 4.26. The van der Waals surface area contributed by atoms with Crippen LogP contribution in [0, 0.1) is 34.0 Å². The van der Waals surface area contributed by atoms with Crippen molar-refractivity contribution in [1.29, 1.82) is 15.8 Å². The number of fused-ring (bicyclic) bond motifs is 1. The maximum absolute atomic E-state index is 9.61. The molecular formula is C20H12N8. The van der Waals surface area contributed by atoms with Crippen LogP contribution in [0.15, 0.2) is 75.9 Å². The lowest BCUT2D eigenvalue weighted by Crippen LogP contribution is -2.44. The van der Waals surface area contributed by atoms with Gasteiger partial charge in [0.25, 0.3) is 5.96 Å². The molecule has 28 heavy (non-hydrogen) atoms. The molecule has 4 rings (SSSR count). The highest BCUT2D eigenvalue weighted by molar-refractivity contribution is 6.55. The minimum Gasteiger partial charge on any atom is -0.224 e. The van der Waals surface area contributed by atoms with Gasteiger partial charge in [-0.2, -0.15) is 25.9 Å². The summed E-state index contributed by atoms with van der Waals surface area (Å²) >= 11 is 0. The van der Waals surface area contributed by atoms with Crippen LogP contribution in [-0.2, 0) is 0 Å². The molecule has 0 amide bonds. The van der Waals surface area contributed by atoms with E-state index in [1.54, 1.807) is 0 Å². The van der Waals surface area contributed by atoms with Crippen LogP contribution < -0.4 is 0 Å². The van der Waals surface area contributed by atoms with E-state index in [0.29, 0.717) is 11.4 Å². The highest BCUT2D eigenvalue weighted by Gasteiger charge is 2.41. The van der Waals surface area contributed by atoms with Crippen molar-refractivity contribution < 1.29 is 0 Å². The van der Waals surface area contributed by atoms with E-state index < -0.39 is 12.2 Å². The first-order valence-electron chi connectivity index (χ1n) is 8.40. The molecule has 2 aromatic carbocycles. The van der Waals surface area contributed by atoms with Crippen LogP contribution in [0.25, 0.3) is 0 Å². The van der Waals surface area contributed by atoms with Crippen LogP contribution >= 0.6 is 0 Å². The summed E-state index contributed by atoms with van der Waals surface area (Å²) in [6.07, 6.45) is -1.03. The van der Waals surface area contributed by atoms with E-state index in [-0.39, 0.29) is 5.96 Å². The van der Waals surface area contributed by atoms with Crippen molar-refractivity contribution in [3.05, 3.63) is 71.8 Å². The maximum atomic E-state index is 9.61. The largest absolute Gasteiger partial charge is 0.267 e. The number of hydrazone groups is 2. The van der Waals surface area contributed by atoms with Gasteiger partial charge in [-0.05, 0) is 0 Å². The number of guanidine groups is 1. The average molecular weight is 364 g/mol. The fourth-order valence-electron chi connectivity index (χ4n) is 2.95. The van der Waals surface area contributed by atoms with Gasteiger partial charge in [0, 0.05) is 11.1 Å². The highest BCUT2D eigenvalue weighted by atomic mass is 15.7. The number of benzene rings is 2. The normalized spacial score (nSPS) is 17.6. The number of nitrogens with zero attached hydrogens (tertiary/aromatic N) is 8. The first kappa shape index (κ1) is 17.0. The Morgan fingerprint density at radius 3 is 1.89 bits per heavy atom. The lowest BCUT2D eigenvalue weighted by atomic mass is 9.99. The van der Waals surface area contributed by atoms with Crippen molar-refractivity contribution in [2.24, 2.45) is 15.2 Å². The molecular weight excluding hydrogens is 352 g/mol.